The lowest BCUT2D eigenvalue weighted by Crippen LogP contribution is -2.46. The Morgan fingerprint density at radius 2 is 1.71 bits per heavy atom. The molecule has 8 nitrogen and oxygen atoms in total. The van der Waals surface area contributed by atoms with E-state index < -0.39 is 0 Å². The number of amides is 1. The molecule has 4 aromatic rings. The maximum atomic E-state index is 13.1. The second kappa shape index (κ2) is 9.13. The summed E-state index contributed by atoms with van der Waals surface area (Å²) < 4.78 is 13.1. The number of para-hydroxylation sites is 1. The van der Waals surface area contributed by atoms with Crippen LogP contribution in [-0.4, -0.2) is 63.5 Å². The van der Waals surface area contributed by atoms with E-state index in [1.54, 1.807) is 9.58 Å². The van der Waals surface area contributed by atoms with Gasteiger partial charge in [-0.1, -0.05) is 48.5 Å². The number of fused-ring (bicyclic) bond motifs is 2. The molecule has 0 aliphatic carbocycles. The third-order valence-electron chi connectivity index (χ3n) is 6.75. The number of benzene rings is 2. The van der Waals surface area contributed by atoms with Gasteiger partial charge in [0.15, 0.2) is 5.65 Å². The predicted octanol–water partition coefficient (Wildman–Crippen LogP) is 4.12. The molecule has 0 spiro atoms. The highest BCUT2D eigenvalue weighted by Crippen LogP contribution is 2.32. The quantitative estimate of drug-likeness (QED) is 0.438. The van der Waals surface area contributed by atoms with Crippen molar-refractivity contribution in [2.75, 3.05) is 32.8 Å². The number of hydrogen-bond donors (Lipinski definition) is 0. The maximum Gasteiger partial charge on any atom is 0.416 e. The summed E-state index contributed by atoms with van der Waals surface area (Å²) in [7, 11) is 0. The van der Waals surface area contributed by atoms with Gasteiger partial charge in [0.1, 0.15) is 0 Å². The first-order valence-corrected chi connectivity index (χ1v) is 12.0. The highest BCUT2D eigenvalue weighted by Gasteiger charge is 2.32. The molecule has 0 unspecified atom stereocenters. The lowest BCUT2D eigenvalue weighted by molar-refractivity contribution is 0.00735. The number of carbonyl (C=O) groups excluding carboxylic acids is 1. The van der Waals surface area contributed by atoms with Crippen molar-refractivity contribution in [3.05, 3.63) is 83.6 Å². The molecular weight excluding hydrogens is 442 g/mol. The highest BCUT2D eigenvalue weighted by molar-refractivity contribution is 5.83. The average molecular weight is 470 g/mol. The van der Waals surface area contributed by atoms with Crippen LogP contribution in [0.4, 0.5) is 4.79 Å². The van der Waals surface area contributed by atoms with Crippen LogP contribution in [0.15, 0.2) is 66.7 Å². The van der Waals surface area contributed by atoms with E-state index in [2.05, 4.69) is 23.1 Å². The minimum atomic E-state index is -0.374. The van der Waals surface area contributed by atoms with Crippen molar-refractivity contribution >= 4 is 17.1 Å². The molecule has 1 fully saturated rings. The largest absolute Gasteiger partial charge is 0.416 e. The van der Waals surface area contributed by atoms with Crippen molar-refractivity contribution in [1.82, 2.24) is 24.6 Å². The fourth-order valence-corrected chi connectivity index (χ4v) is 4.92. The molecule has 6 rings (SSSR count). The Morgan fingerprint density at radius 3 is 2.46 bits per heavy atom. The standard InChI is InChI=1S/C27H27N5O3/c1-19-23-16-21-17-31(18-24(20-8-4-2-5-9-20)30-12-14-34-15-13-30)27(33)35-26(21)28-25(23)32(29-19)22-10-6-3-7-11-22/h2-11,16,24H,12-15,17-18H2,1H3/t24-/m1/s1. The summed E-state index contributed by atoms with van der Waals surface area (Å²) in [5.74, 6) is 0.360. The van der Waals surface area contributed by atoms with Crippen LogP contribution in [0.25, 0.3) is 16.7 Å². The minimum Gasteiger partial charge on any atom is -0.391 e. The Bertz CT molecular complexity index is 1350. The monoisotopic (exact) mass is 469 g/mol. The molecule has 0 saturated carbocycles. The summed E-state index contributed by atoms with van der Waals surface area (Å²) in [6.45, 7) is 6.01. The van der Waals surface area contributed by atoms with Crippen molar-refractivity contribution in [3.63, 3.8) is 0 Å². The number of aryl methyl sites for hydroxylation is 1. The molecule has 0 bridgehead atoms. The Hall–Kier alpha value is -3.75. The zero-order valence-corrected chi connectivity index (χ0v) is 19.6. The van der Waals surface area contributed by atoms with Gasteiger partial charge < -0.3 is 14.4 Å². The van der Waals surface area contributed by atoms with Crippen LogP contribution in [-0.2, 0) is 11.3 Å². The first-order chi connectivity index (χ1) is 17.2. The van der Waals surface area contributed by atoms with E-state index in [1.807, 2.05) is 55.5 Å². The van der Waals surface area contributed by atoms with Crippen LogP contribution in [0.1, 0.15) is 22.9 Å². The van der Waals surface area contributed by atoms with Crippen LogP contribution in [0.2, 0.25) is 0 Å². The van der Waals surface area contributed by atoms with Gasteiger partial charge in [0.05, 0.1) is 37.2 Å². The van der Waals surface area contributed by atoms with E-state index in [0.717, 1.165) is 35.4 Å². The number of pyridine rings is 1. The van der Waals surface area contributed by atoms with Gasteiger partial charge in [-0.25, -0.2) is 9.48 Å². The fourth-order valence-electron chi connectivity index (χ4n) is 4.92. The van der Waals surface area contributed by atoms with E-state index in [4.69, 9.17) is 19.6 Å². The number of morpholine rings is 1. The van der Waals surface area contributed by atoms with Gasteiger partial charge in [-0.2, -0.15) is 10.1 Å². The summed E-state index contributed by atoms with van der Waals surface area (Å²) in [4.78, 5) is 22.0. The van der Waals surface area contributed by atoms with Crippen LogP contribution >= 0.6 is 0 Å². The first kappa shape index (κ1) is 21.8. The zero-order chi connectivity index (χ0) is 23.8. The maximum absolute atomic E-state index is 13.1. The number of carbonyl (C=O) groups is 1. The van der Waals surface area contributed by atoms with Gasteiger partial charge in [0, 0.05) is 30.6 Å². The van der Waals surface area contributed by atoms with Gasteiger partial charge in [-0.05, 0) is 30.7 Å². The average Bonchev–Trinajstić information content (AvgIpc) is 3.23. The van der Waals surface area contributed by atoms with Gasteiger partial charge >= 0.3 is 6.09 Å². The van der Waals surface area contributed by atoms with E-state index in [0.29, 0.717) is 37.8 Å². The SMILES string of the molecule is Cc1nn(-c2ccccc2)c2nc3c(cc12)CN(C[C@H](c1ccccc1)N1CCOCC1)C(=O)O3. The van der Waals surface area contributed by atoms with E-state index in [1.165, 1.54) is 5.56 Å². The smallest absolute Gasteiger partial charge is 0.391 e. The summed E-state index contributed by atoms with van der Waals surface area (Å²) in [6, 6.07) is 22.3. The van der Waals surface area contributed by atoms with Crippen molar-refractivity contribution < 1.29 is 14.3 Å². The molecule has 2 aromatic heterocycles. The molecule has 4 heterocycles. The summed E-state index contributed by atoms with van der Waals surface area (Å²) in [5, 5.41) is 5.66. The van der Waals surface area contributed by atoms with Gasteiger partial charge in [0.25, 0.3) is 0 Å². The molecule has 1 saturated heterocycles. The third kappa shape index (κ3) is 4.15. The van der Waals surface area contributed by atoms with Crippen molar-refractivity contribution in [1.29, 1.82) is 0 Å². The van der Waals surface area contributed by atoms with Gasteiger partial charge in [0.2, 0.25) is 5.88 Å². The number of aromatic nitrogens is 3. The van der Waals surface area contributed by atoms with Gasteiger partial charge in [-0.3, -0.25) is 4.90 Å². The molecule has 1 amide bonds. The summed E-state index contributed by atoms with van der Waals surface area (Å²) in [5.41, 5.74) is 4.56. The van der Waals surface area contributed by atoms with Crippen LogP contribution < -0.4 is 4.74 Å². The Balaban J connectivity index is 1.32. The number of ether oxygens (including phenoxy) is 2. The molecular formula is C27H27N5O3. The number of hydrogen-bond acceptors (Lipinski definition) is 6. The Kier molecular flexibility index (Phi) is 5.67. The molecule has 2 aliphatic heterocycles. The first-order valence-electron chi connectivity index (χ1n) is 12.0. The summed E-state index contributed by atoms with van der Waals surface area (Å²) >= 11 is 0. The predicted molar refractivity (Wildman–Crippen MR) is 132 cm³/mol. The van der Waals surface area contributed by atoms with Gasteiger partial charge in [-0.15, -0.1) is 0 Å². The third-order valence-corrected chi connectivity index (χ3v) is 6.75. The second-order valence-corrected chi connectivity index (χ2v) is 8.98. The fraction of sp³-hybridized carbons (Fsp3) is 0.296. The molecule has 8 heteroatoms. The molecule has 35 heavy (non-hydrogen) atoms. The highest BCUT2D eigenvalue weighted by atomic mass is 16.6. The lowest BCUT2D eigenvalue weighted by atomic mass is 10.0. The number of rotatable bonds is 5. The second-order valence-electron chi connectivity index (χ2n) is 8.98. The molecule has 0 N–H and O–H groups in total. The topological polar surface area (TPSA) is 72.7 Å². The van der Waals surface area contributed by atoms with Crippen molar-refractivity contribution in [2.24, 2.45) is 0 Å². The molecule has 1 atom stereocenters. The van der Waals surface area contributed by atoms with E-state index in [-0.39, 0.29) is 12.1 Å². The number of nitrogens with zero attached hydrogens (tertiary/aromatic N) is 5. The Labute approximate surface area is 203 Å². The Morgan fingerprint density at radius 1 is 1.00 bits per heavy atom. The molecule has 178 valence electrons. The minimum absolute atomic E-state index is 0.0634. The van der Waals surface area contributed by atoms with Crippen molar-refractivity contribution in [3.8, 4) is 11.6 Å². The van der Waals surface area contributed by atoms with Crippen LogP contribution in [0.3, 0.4) is 0 Å². The van der Waals surface area contributed by atoms with E-state index in [9.17, 15) is 4.79 Å². The molecule has 2 aromatic carbocycles. The zero-order valence-electron chi connectivity index (χ0n) is 19.6. The molecule has 0 radical (unpaired) electrons. The summed E-state index contributed by atoms with van der Waals surface area (Å²) in [6.07, 6.45) is -0.374. The normalized spacial score (nSPS) is 17.3. The van der Waals surface area contributed by atoms with Crippen molar-refractivity contribution in [2.45, 2.75) is 19.5 Å². The lowest BCUT2D eigenvalue weighted by Gasteiger charge is -2.38. The van der Waals surface area contributed by atoms with Crippen LogP contribution in [0.5, 0.6) is 5.88 Å². The van der Waals surface area contributed by atoms with E-state index >= 15 is 0 Å². The van der Waals surface area contributed by atoms with Crippen LogP contribution in [0, 0.1) is 6.92 Å². The molecule has 2 aliphatic rings.